The molecule has 1 aromatic heterocycles. The highest BCUT2D eigenvalue weighted by Crippen LogP contribution is 2.26. The molecule has 0 amide bonds. The lowest BCUT2D eigenvalue weighted by molar-refractivity contribution is 0.327. The van der Waals surface area contributed by atoms with Crippen molar-refractivity contribution in [2.75, 3.05) is 6.54 Å². The third kappa shape index (κ3) is 3.07. The van der Waals surface area contributed by atoms with Gasteiger partial charge >= 0.3 is 0 Å². The second kappa shape index (κ2) is 6.01. The molecule has 1 fully saturated rings. The molecule has 1 unspecified atom stereocenters. The Morgan fingerprint density at radius 3 is 3.00 bits per heavy atom. The van der Waals surface area contributed by atoms with Crippen molar-refractivity contribution < 1.29 is 8.91 Å². The van der Waals surface area contributed by atoms with Crippen LogP contribution in [0.1, 0.15) is 37.6 Å². The van der Waals surface area contributed by atoms with Crippen molar-refractivity contribution in [3.05, 3.63) is 34.4 Å². The summed E-state index contributed by atoms with van der Waals surface area (Å²) in [4.78, 5) is 4.40. The van der Waals surface area contributed by atoms with Crippen LogP contribution in [0.4, 0.5) is 4.39 Å². The molecule has 1 N–H and O–H groups in total. The molecule has 4 nitrogen and oxygen atoms in total. The number of benzene rings is 1. The van der Waals surface area contributed by atoms with Crippen LogP contribution < -0.4 is 5.32 Å². The second-order valence-corrected chi connectivity index (χ2v) is 5.89. The molecule has 1 aromatic carbocycles. The van der Waals surface area contributed by atoms with Gasteiger partial charge in [-0.1, -0.05) is 33.9 Å². The van der Waals surface area contributed by atoms with Gasteiger partial charge in [-0.15, -0.1) is 0 Å². The molecule has 1 saturated heterocycles. The zero-order chi connectivity index (χ0) is 13.9. The molecule has 1 atom stereocenters. The Balaban J connectivity index is 1.85. The summed E-state index contributed by atoms with van der Waals surface area (Å²) in [7, 11) is 0. The van der Waals surface area contributed by atoms with E-state index in [-0.39, 0.29) is 11.9 Å². The Labute approximate surface area is 124 Å². The van der Waals surface area contributed by atoms with E-state index in [1.54, 1.807) is 6.07 Å². The van der Waals surface area contributed by atoms with E-state index in [2.05, 4.69) is 31.4 Å². The van der Waals surface area contributed by atoms with E-state index >= 15 is 0 Å². The average Bonchev–Trinajstić information content (AvgIpc) is 2.74. The van der Waals surface area contributed by atoms with Crippen molar-refractivity contribution in [2.45, 2.75) is 31.7 Å². The van der Waals surface area contributed by atoms with E-state index in [1.807, 2.05) is 0 Å². The number of hydrogen-bond acceptors (Lipinski definition) is 4. The molecular weight excluding hydrogens is 325 g/mol. The molecule has 6 heteroatoms. The fourth-order valence-electron chi connectivity index (χ4n) is 2.42. The summed E-state index contributed by atoms with van der Waals surface area (Å²) in [6, 6.07) is 4.69. The van der Waals surface area contributed by atoms with E-state index in [9.17, 15) is 4.39 Å². The number of rotatable bonds is 2. The lowest BCUT2D eigenvalue weighted by atomic mass is 10.1. The zero-order valence-corrected chi connectivity index (χ0v) is 12.5. The Hall–Kier alpha value is -1.27. The second-order valence-electron chi connectivity index (χ2n) is 4.97. The first-order valence-corrected chi connectivity index (χ1v) is 7.55. The topological polar surface area (TPSA) is 51.0 Å². The lowest BCUT2D eigenvalue weighted by Gasteiger charge is -2.09. The summed E-state index contributed by atoms with van der Waals surface area (Å²) in [6.45, 7) is 0.966. The molecule has 20 heavy (non-hydrogen) atoms. The van der Waals surface area contributed by atoms with Gasteiger partial charge in [-0.05, 0) is 37.6 Å². The maximum Gasteiger partial charge on any atom is 0.244 e. The molecule has 106 valence electrons. The Bertz CT molecular complexity index is 574. The molecule has 1 aliphatic rings. The number of aromatic nitrogens is 2. The first-order chi connectivity index (χ1) is 9.72. The first-order valence-electron chi connectivity index (χ1n) is 6.76. The summed E-state index contributed by atoms with van der Waals surface area (Å²) in [6.07, 6.45) is 4.55. The Morgan fingerprint density at radius 2 is 2.15 bits per heavy atom. The largest absolute Gasteiger partial charge is 0.337 e. The molecule has 2 aromatic rings. The third-order valence-electron chi connectivity index (χ3n) is 3.42. The van der Waals surface area contributed by atoms with Crippen LogP contribution in [-0.4, -0.2) is 16.7 Å². The highest BCUT2D eigenvalue weighted by atomic mass is 79.9. The van der Waals surface area contributed by atoms with Crippen molar-refractivity contribution in [3.63, 3.8) is 0 Å². The van der Waals surface area contributed by atoms with E-state index in [0.717, 1.165) is 19.4 Å². The van der Waals surface area contributed by atoms with Crippen LogP contribution in [0.25, 0.3) is 11.4 Å². The van der Waals surface area contributed by atoms with Gasteiger partial charge in [0.05, 0.1) is 6.04 Å². The van der Waals surface area contributed by atoms with Gasteiger partial charge in [0, 0.05) is 10.0 Å². The number of halogens is 2. The molecule has 0 saturated carbocycles. The maximum atomic E-state index is 13.4. The summed E-state index contributed by atoms with van der Waals surface area (Å²) >= 11 is 3.27. The minimum Gasteiger partial charge on any atom is -0.337 e. The molecule has 3 rings (SSSR count). The zero-order valence-electron chi connectivity index (χ0n) is 10.9. The van der Waals surface area contributed by atoms with Gasteiger partial charge in [-0.3, -0.25) is 0 Å². The van der Waals surface area contributed by atoms with Crippen LogP contribution in [0.5, 0.6) is 0 Å². The normalized spacial score (nSPS) is 19.8. The van der Waals surface area contributed by atoms with Gasteiger partial charge in [-0.2, -0.15) is 4.98 Å². The highest BCUT2D eigenvalue weighted by molar-refractivity contribution is 9.10. The van der Waals surface area contributed by atoms with E-state index in [4.69, 9.17) is 4.52 Å². The summed E-state index contributed by atoms with van der Waals surface area (Å²) < 4.78 is 19.4. The van der Waals surface area contributed by atoms with Gasteiger partial charge in [0.1, 0.15) is 5.82 Å². The summed E-state index contributed by atoms with van der Waals surface area (Å²) in [5, 5.41) is 7.37. The van der Waals surface area contributed by atoms with Crippen LogP contribution in [-0.2, 0) is 0 Å². The fraction of sp³-hybridized carbons (Fsp3) is 0.429. The monoisotopic (exact) mass is 339 g/mol. The van der Waals surface area contributed by atoms with Crippen LogP contribution in [0.2, 0.25) is 0 Å². The molecule has 2 heterocycles. The predicted molar refractivity (Wildman–Crippen MR) is 76.6 cm³/mol. The van der Waals surface area contributed by atoms with Crippen LogP contribution in [0.15, 0.2) is 27.2 Å². The van der Waals surface area contributed by atoms with Crippen molar-refractivity contribution in [2.24, 2.45) is 0 Å². The van der Waals surface area contributed by atoms with Gasteiger partial charge < -0.3 is 9.84 Å². The third-order valence-corrected chi connectivity index (χ3v) is 3.88. The minimum absolute atomic E-state index is 0.107. The van der Waals surface area contributed by atoms with E-state index < -0.39 is 0 Å². The smallest absolute Gasteiger partial charge is 0.244 e. The van der Waals surface area contributed by atoms with Crippen LogP contribution in [0.3, 0.4) is 0 Å². The number of nitrogens with one attached hydrogen (secondary N) is 1. The molecule has 0 aliphatic carbocycles. The summed E-state index contributed by atoms with van der Waals surface area (Å²) in [5.41, 5.74) is 0.612. The molecule has 0 spiro atoms. The van der Waals surface area contributed by atoms with Crippen molar-refractivity contribution in [1.29, 1.82) is 0 Å². The fourth-order valence-corrected chi connectivity index (χ4v) is 2.88. The van der Waals surface area contributed by atoms with Gasteiger partial charge in [0.2, 0.25) is 11.7 Å². The number of hydrogen-bond donors (Lipinski definition) is 1. The summed E-state index contributed by atoms with van der Waals surface area (Å²) in [5.74, 6) is 0.682. The maximum absolute atomic E-state index is 13.4. The lowest BCUT2D eigenvalue weighted by Crippen LogP contribution is -2.20. The minimum atomic E-state index is -0.326. The van der Waals surface area contributed by atoms with Gasteiger partial charge in [0.25, 0.3) is 0 Å². The Morgan fingerprint density at radius 1 is 1.25 bits per heavy atom. The van der Waals surface area contributed by atoms with Gasteiger partial charge in [-0.25, -0.2) is 4.39 Å². The van der Waals surface area contributed by atoms with E-state index in [0.29, 0.717) is 21.8 Å². The Kier molecular flexibility index (Phi) is 4.12. The quantitative estimate of drug-likeness (QED) is 0.902. The van der Waals surface area contributed by atoms with Crippen molar-refractivity contribution in [3.8, 4) is 11.4 Å². The molecule has 0 bridgehead atoms. The predicted octanol–water partition coefficient (Wildman–Crippen LogP) is 3.84. The van der Waals surface area contributed by atoms with Crippen molar-refractivity contribution >= 4 is 15.9 Å². The highest BCUT2D eigenvalue weighted by Gasteiger charge is 2.20. The van der Waals surface area contributed by atoms with Crippen LogP contribution >= 0.6 is 15.9 Å². The van der Waals surface area contributed by atoms with Gasteiger partial charge in [0.15, 0.2) is 0 Å². The first kappa shape index (κ1) is 13.7. The SMILES string of the molecule is Fc1cc(Br)cc(-c2noc(C3CCCCCN3)n2)c1. The average molecular weight is 340 g/mol. The van der Waals surface area contributed by atoms with Crippen LogP contribution in [0, 0.1) is 5.82 Å². The molecule has 0 radical (unpaired) electrons. The van der Waals surface area contributed by atoms with Crippen molar-refractivity contribution in [1.82, 2.24) is 15.5 Å². The number of nitrogens with zero attached hydrogens (tertiary/aromatic N) is 2. The molecule has 1 aliphatic heterocycles. The van der Waals surface area contributed by atoms with E-state index in [1.165, 1.54) is 25.0 Å². The molecular formula is C14H15BrFN3O. The standard InChI is InChI=1S/C14H15BrFN3O/c15-10-6-9(7-11(16)8-10)13-18-14(20-19-13)12-4-2-1-3-5-17-12/h6-8,12,17H,1-5H2.